The molecule has 0 unspecified atom stereocenters. The Kier molecular flexibility index (Phi) is 5.64. The molecule has 0 aliphatic rings. The molecule has 0 amide bonds. The third kappa shape index (κ3) is 4.30. The van der Waals surface area contributed by atoms with E-state index >= 15 is 0 Å². The zero-order valence-corrected chi connectivity index (χ0v) is 18.9. The minimum Gasteiger partial charge on any atom is -0.413 e. The molecule has 3 aromatic heterocycles. The first-order chi connectivity index (χ1) is 16.7. The number of carbonyl (C=O) groups is 1. The van der Waals surface area contributed by atoms with Gasteiger partial charge in [-0.15, -0.1) is 10.2 Å². The summed E-state index contributed by atoms with van der Waals surface area (Å²) in [7, 11) is 0. The SMILES string of the molecule is Cc1ccc2c(c1)c(C(=O)c1nnc(-c3ccncc3)o1)c(C(F)(F)F)n2Cc1ccc(Cl)cc1. The number of pyridine rings is 1. The van der Waals surface area contributed by atoms with Crippen LogP contribution in [0.5, 0.6) is 0 Å². The maximum atomic E-state index is 14.5. The van der Waals surface area contributed by atoms with Crippen LogP contribution < -0.4 is 0 Å². The van der Waals surface area contributed by atoms with Crippen LogP contribution in [0.25, 0.3) is 22.4 Å². The fraction of sp³-hybridized carbons (Fsp3) is 0.120. The van der Waals surface area contributed by atoms with E-state index in [0.29, 0.717) is 21.7 Å². The zero-order chi connectivity index (χ0) is 24.7. The smallest absolute Gasteiger partial charge is 0.413 e. The number of aryl methyl sites for hydroxylation is 1. The monoisotopic (exact) mass is 496 g/mol. The van der Waals surface area contributed by atoms with Gasteiger partial charge in [-0.3, -0.25) is 9.78 Å². The van der Waals surface area contributed by atoms with Gasteiger partial charge in [-0.05, 0) is 48.9 Å². The fourth-order valence-electron chi connectivity index (χ4n) is 3.96. The van der Waals surface area contributed by atoms with E-state index in [9.17, 15) is 18.0 Å². The number of aromatic nitrogens is 4. The van der Waals surface area contributed by atoms with Gasteiger partial charge < -0.3 is 8.98 Å². The Balaban J connectivity index is 1.70. The standard InChI is InChI=1S/C25H16ClF3N4O2/c1-14-2-7-19-18(12-14)20(21(34)24-32-31-23(35-24)16-8-10-30-11-9-16)22(25(27,28)29)33(19)13-15-3-5-17(26)6-4-15/h2-12H,13H2,1H3. The first-order valence-corrected chi connectivity index (χ1v) is 10.8. The van der Waals surface area contributed by atoms with Crippen molar-refractivity contribution in [2.45, 2.75) is 19.6 Å². The quantitative estimate of drug-likeness (QED) is 0.265. The highest BCUT2D eigenvalue weighted by molar-refractivity contribution is 6.30. The van der Waals surface area contributed by atoms with Crippen molar-refractivity contribution in [3.63, 3.8) is 0 Å². The fourth-order valence-corrected chi connectivity index (χ4v) is 4.09. The number of halogens is 4. The van der Waals surface area contributed by atoms with Gasteiger partial charge in [0, 0.05) is 40.4 Å². The molecule has 0 radical (unpaired) electrons. The van der Waals surface area contributed by atoms with Crippen molar-refractivity contribution in [2.24, 2.45) is 0 Å². The number of hydrogen-bond donors (Lipinski definition) is 0. The van der Waals surface area contributed by atoms with Crippen LogP contribution in [-0.2, 0) is 12.7 Å². The predicted molar refractivity (Wildman–Crippen MR) is 123 cm³/mol. The minimum absolute atomic E-state index is 0.00499. The van der Waals surface area contributed by atoms with Gasteiger partial charge in [0.25, 0.3) is 11.7 Å². The molecule has 0 N–H and O–H groups in total. The van der Waals surface area contributed by atoms with Gasteiger partial charge >= 0.3 is 6.18 Å². The normalized spacial score (nSPS) is 11.8. The number of nitrogens with zero attached hydrogens (tertiary/aromatic N) is 4. The van der Waals surface area contributed by atoms with Crippen molar-refractivity contribution >= 4 is 28.3 Å². The second-order valence-electron chi connectivity index (χ2n) is 7.93. The molecule has 5 aromatic rings. The van der Waals surface area contributed by atoms with E-state index in [0.717, 1.165) is 4.57 Å². The summed E-state index contributed by atoms with van der Waals surface area (Å²) in [6, 6.07) is 14.5. The molecule has 3 heterocycles. The number of fused-ring (bicyclic) bond motifs is 1. The summed E-state index contributed by atoms with van der Waals surface area (Å²) in [6.45, 7) is 1.62. The maximum absolute atomic E-state index is 14.5. The number of alkyl halides is 3. The van der Waals surface area contributed by atoms with Gasteiger partial charge in [-0.1, -0.05) is 35.4 Å². The third-order valence-electron chi connectivity index (χ3n) is 5.51. The molecule has 0 saturated heterocycles. The Labute approximate surface area is 202 Å². The summed E-state index contributed by atoms with van der Waals surface area (Å²) in [5, 5.41) is 8.21. The number of benzene rings is 2. The molecule has 0 bridgehead atoms. The molecule has 35 heavy (non-hydrogen) atoms. The highest BCUT2D eigenvalue weighted by atomic mass is 35.5. The number of rotatable bonds is 5. The van der Waals surface area contributed by atoms with E-state index in [2.05, 4.69) is 15.2 Å². The number of hydrogen-bond acceptors (Lipinski definition) is 5. The van der Waals surface area contributed by atoms with Crippen LogP contribution in [0.1, 0.15) is 33.1 Å². The van der Waals surface area contributed by atoms with E-state index in [4.69, 9.17) is 16.0 Å². The van der Waals surface area contributed by atoms with Gasteiger partial charge in [0.15, 0.2) is 0 Å². The van der Waals surface area contributed by atoms with Crippen molar-refractivity contribution in [3.05, 3.63) is 100 Å². The predicted octanol–water partition coefficient (Wildman–Crippen LogP) is 6.35. The molecule has 0 spiro atoms. The van der Waals surface area contributed by atoms with Crippen LogP contribution in [0.2, 0.25) is 5.02 Å². The van der Waals surface area contributed by atoms with Crippen molar-refractivity contribution in [3.8, 4) is 11.5 Å². The lowest BCUT2D eigenvalue weighted by atomic mass is 10.0. The molecule has 5 rings (SSSR count). The molecule has 0 fully saturated rings. The minimum atomic E-state index is -4.84. The molecule has 0 aliphatic heterocycles. The lowest BCUT2D eigenvalue weighted by Crippen LogP contribution is -2.19. The van der Waals surface area contributed by atoms with Gasteiger partial charge in [-0.2, -0.15) is 13.2 Å². The lowest BCUT2D eigenvalue weighted by Gasteiger charge is -2.14. The summed E-state index contributed by atoms with van der Waals surface area (Å²) >= 11 is 5.93. The lowest BCUT2D eigenvalue weighted by molar-refractivity contribution is -0.143. The molecular weight excluding hydrogens is 481 g/mol. The number of ketones is 1. The summed E-state index contributed by atoms with van der Waals surface area (Å²) in [5.74, 6) is -1.53. The Morgan fingerprint density at radius 2 is 1.74 bits per heavy atom. The van der Waals surface area contributed by atoms with Gasteiger partial charge in [0.05, 0.1) is 5.56 Å². The van der Waals surface area contributed by atoms with E-state index in [1.807, 2.05) is 0 Å². The molecule has 10 heteroatoms. The van der Waals surface area contributed by atoms with E-state index in [1.54, 1.807) is 61.5 Å². The van der Waals surface area contributed by atoms with Gasteiger partial charge in [0.1, 0.15) is 5.69 Å². The molecule has 0 aliphatic carbocycles. The summed E-state index contributed by atoms with van der Waals surface area (Å²) in [4.78, 5) is 17.3. The summed E-state index contributed by atoms with van der Waals surface area (Å²) in [6.07, 6.45) is -1.84. The van der Waals surface area contributed by atoms with Crippen LogP contribution >= 0.6 is 11.6 Å². The van der Waals surface area contributed by atoms with E-state index in [-0.39, 0.29) is 23.3 Å². The van der Waals surface area contributed by atoms with Crippen LogP contribution in [0.3, 0.4) is 0 Å². The first-order valence-electron chi connectivity index (χ1n) is 10.5. The highest BCUT2D eigenvalue weighted by Crippen LogP contribution is 2.40. The molecule has 6 nitrogen and oxygen atoms in total. The van der Waals surface area contributed by atoms with Crippen LogP contribution in [0.4, 0.5) is 13.2 Å². The Morgan fingerprint density at radius 3 is 2.43 bits per heavy atom. The molecular formula is C25H16ClF3N4O2. The van der Waals surface area contributed by atoms with Crippen molar-refractivity contribution in [2.75, 3.05) is 0 Å². The Morgan fingerprint density at radius 1 is 1.03 bits per heavy atom. The Hall–Kier alpha value is -3.98. The second-order valence-corrected chi connectivity index (χ2v) is 8.37. The number of carbonyl (C=O) groups excluding carboxylic acids is 1. The first kappa shape index (κ1) is 22.8. The molecule has 2 aromatic carbocycles. The van der Waals surface area contributed by atoms with Gasteiger partial charge in [0.2, 0.25) is 5.89 Å². The largest absolute Gasteiger partial charge is 0.432 e. The second kappa shape index (κ2) is 8.66. The molecule has 0 saturated carbocycles. The average Bonchev–Trinajstić information content (AvgIpc) is 3.44. The summed E-state index contributed by atoms with van der Waals surface area (Å²) in [5.41, 5.74) is 0.427. The summed E-state index contributed by atoms with van der Waals surface area (Å²) < 4.78 is 50.1. The topological polar surface area (TPSA) is 73.8 Å². The highest BCUT2D eigenvalue weighted by Gasteiger charge is 2.42. The van der Waals surface area contributed by atoms with Crippen LogP contribution in [0.15, 0.2) is 71.4 Å². The Bertz CT molecular complexity index is 1540. The van der Waals surface area contributed by atoms with Crippen LogP contribution in [-0.4, -0.2) is 25.5 Å². The van der Waals surface area contributed by atoms with Crippen molar-refractivity contribution in [1.82, 2.24) is 19.7 Å². The van der Waals surface area contributed by atoms with Crippen LogP contribution in [0, 0.1) is 6.92 Å². The van der Waals surface area contributed by atoms with E-state index < -0.39 is 29.1 Å². The van der Waals surface area contributed by atoms with Gasteiger partial charge in [-0.25, -0.2) is 0 Å². The average molecular weight is 497 g/mol. The molecule has 176 valence electrons. The molecule has 0 atom stereocenters. The van der Waals surface area contributed by atoms with Crippen molar-refractivity contribution in [1.29, 1.82) is 0 Å². The maximum Gasteiger partial charge on any atom is 0.432 e. The van der Waals surface area contributed by atoms with Crippen molar-refractivity contribution < 1.29 is 22.4 Å². The zero-order valence-electron chi connectivity index (χ0n) is 18.2. The third-order valence-corrected chi connectivity index (χ3v) is 5.77. The van der Waals surface area contributed by atoms with E-state index in [1.165, 1.54) is 12.4 Å².